The lowest BCUT2D eigenvalue weighted by Crippen LogP contribution is -2.00. The topological polar surface area (TPSA) is 0 Å². The van der Waals surface area contributed by atoms with Crippen LogP contribution in [0.15, 0.2) is 12.1 Å². The number of halogens is 4. The molecular formula is C9H8Br2F2. The van der Waals surface area contributed by atoms with Crippen LogP contribution in [0.3, 0.4) is 0 Å². The van der Waals surface area contributed by atoms with E-state index in [0.717, 1.165) is 11.6 Å². The van der Waals surface area contributed by atoms with Gasteiger partial charge < -0.3 is 0 Å². The zero-order valence-electron chi connectivity index (χ0n) is 6.79. The Balaban J connectivity index is 3.15. The molecule has 0 heterocycles. The zero-order chi connectivity index (χ0) is 9.84. The number of rotatable bonds is 3. The van der Waals surface area contributed by atoms with Gasteiger partial charge in [-0.05, 0) is 23.6 Å². The molecule has 0 aromatic heterocycles. The maximum Gasteiger partial charge on any atom is 0.162 e. The van der Waals surface area contributed by atoms with Crippen LogP contribution in [0.5, 0.6) is 0 Å². The first-order valence-electron chi connectivity index (χ1n) is 3.78. The predicted molar refractivity (Wildman–Crippen MR) is 56.5 cm³/mol. The quantitative estimate of drug-likeness (QED) is 0.745. The summed E-state index contributed by atoms with van der Waals surface area (Å²) in [6, 6.07) is 2.76. The predicted octanol–water partition coefficient (Wildman–Crippen LogP) is 3.80. The Morgan fingerprint density at radius 2 is 1.85 bits per heavy atom. The third-order valence-electron chi connectivity index (χ3n) is 1.78. The van der Waals surface area contributed by atoms with Crippen molar-refractivity contribution in [3.05, 3.63) is 34.9 Å². The van der Waals surface area contributed by atoms with Gasteiger partial charge in [-0.3, -0.25) is 0 Å². The maximum absolute atomic E-state index is 13.2. The minimum Gasteiger partial charge on any atom is -0.204 e. The van der Waals surface area contributed by atoms with Crippen LogP contribution >= 0.6 is 31.9 Å². The van der Waals surface area contributed by atoms with Crippen LogP contribution < -0.4 is 0 Å². The van der Waals surface area contributed by atoms with Gasteiger partial charge in [0.15, 0.2) is 11.6 Å². The standard InChI is InChI=1S/C9H8Br2F2/c10-4-3-7-6(5-11)1-2-8(12)9(7)13/h1-2H,3-5H2. The molecule has 0 bridgehead atoms. The van der Waals surface area contributed by atoms with Crippen LogP contribution in [0.25, 0.3) is 0 Å². The van der Waals surface area contributed by atoms with Crippen molar-refractivity contribution < 1.29 is 8.78 Å². The summed E-state index contributed by atoms with van der Waals surface area (Å²) in [6.45, 7) is 0. The van der Waals surface area contributed by atoms with Crippen molar-refractivity contribution in [1.29, 1.82) is 0 Å². The summed E-state index contributed by atoms with van der Waals surface area (Å²) >= 11 is 6.44. The summed E-state index contributed by atoms with van der Waals surface area (Å²) in [4.78, 5) is 0. The molecule has 0 spiro atoms. The van der Waals surface area contributed by atoms with E-state index in [2.05, 4.69) is 31.9 Å². The van der Waals surface area contributed by atoms with Crippen LogP contribution in [-0.4, -0.2) is 5.33 Å². The fourth-order valence-electron chi connectivity index (χ4n) is 1.12. The molecule has 0 aliphatic carbocycles. The summed E-state index contributed by atoms with van der Waals surface area (Å²) in [5.41, 5.74) is 1.26. The fraction of sp³-hybridized carbons (Fsp3) is 0.333. The van der Waals surface area contributed by atoms with E-state index >= 15 is 0 Å². The Morgan fingerprint density at radius 1 is 1.15 bits per heavy atom. The van der Waals surface area contributed by atoms with Crippen molar-refractivity contribution in [2.24, 2.45) is 0 Å². The first kappa shape index (κ1) is 11.1. The largest absolute Gasteiger partial charge is 0.204 e. The van der Waals surface area contributed by atoms with Crippen LogP contribution in [0, 0.1) is 11.6 Å². The lowest BCUT2D eigenvalue weighted by atomic mass is 10.1. The first-order valence-corrected chi connectivity index (χ1v) is 6.02. The zero-order valence-corrected chi connectivity index (χ0v) is 9.96. The average Bonchev–Trinajstić information content (AvgIpc) is 2.14. The molecule has 0 saturated heterocycles. The first-order chi connectivity index (χ1) is 6.20. The second-order valence-corrected chi connectivity index (χ2v) is 3.93. The SMILES string of the molecule is Fc1ccc(CBr)c(CCBr)c1F. The molecule has 4 heteroatoms. The average molecular weight is 314 g/mol. The molecule has 1 aromatic carbocycles. The van der Waals surface area contributed by atoms with Crippen molar-refractivity contribution >= 4 is 31.9 Å². The van der Waals surface area contributed by atoms with Crippen LogP contribution in [0.1, 0.15) is 11.1 Å². The van der Waals surface area contributed by atoms with E-state index in [4.69, 9.17) is 0 Å². The molecule has 0 fully saturated rings. The highest BCUT2D eigenvalue weighted by Gasteiger charge is 2.11. The molecule has 0 unspecified atom stereocenters. The van der Waals surface area contributed by atoms with Crippen molar-refractivity contribution in [1.82, 2.24) is 0 Å². The monoisotopic (exact) mass is 312 g/mol. The minimum absolute atomic E-state index is 0.453. The van der Waals surface area contributed by atoms with Gasteiger partial charge in [0.05, 0.1) is 0 Å². The minimum atomic E-state index is -0.777. The summed E-state index contributed by atoms with van der Waals surface area (Å²) < 4.78 is 26.0. The van der Waals surface area contributed by atoms with Gasteiger partial charge in [0.1, 0.15) is 0 Å². The van der Waals surface area contributed by atoms with Crippen molar-refractivity contribution in [3.63, 3.8) is 0 Å². The van der Waals surface area contributed by atoms with Crippen LogP contribution in [0.4, 0.5) is 8.78 Å². The van der Waals surface area contributed by atoms with Gasteiger partial charge in [0, 0.05) is 10.7 Å². The number of hydrogen-bond donors (Lipinski definition) is 0. The summed E-state index contributed by atoms with van der Waals surface area (Å²) in [5, 5.41) is 1.18. The van der Waals surface area contributed by atoms with Crippen molar-refractivity contribution in [2.75, 3.05) is 5.33 Å². The molecule has 0 aliphatic rings. The normalized spacial score (nSPS) is 10.5. The highest BCUT2D eigenvalue weighted by atomic mass is 79.9. The summed E-state index contributed by atoms with van der Waals surface area (Å²) in [6.07, 6.45) is 0.504. The van der Waals surface area contributed by atoms with E-state index in [1.54, 1.807) is 6.07 Å². The number of alkyl halides is 2. The van der Waals surface area contributed by atoms with E-state index < -0.39 is 11.6 Å². The molecule has 13 heavy (non-hydrogen) atoms. The Morgan fingerprint density at radius 3 is 2.38 bits per heavy atom. The van der Waals surface area contributed by atoms with E-state index in [0.29, 0.717) is 22.6 Å². The molecule has 0 nitrogen and oxygen atoms in total. The fourth-order valence-corrected chi connectivity index (χ4v) is 2.04. The van der Waals surface area contributed by atoms with E-state index in [-0.39, 0.29) is 0 Å². The summed E-state index contributed by atoms with van der Waals surface area (Å²) in [5.74, 6) is -1.50. The molecule has 0 saturated carbocycles. The smallest absolute Gasteiger partial charge is 0.162 e. The van der Waals surface area contributed by atoms with Gasteiger partial charge in [-0.1, -0.05) is 37.9 Å². The third-order valence-corrected chi connectivity index (χ3v) is 2.78. The molecule has 1 rings (SSSR count). The van der Waals surface area contributed by atoms with E-state index in [9.17, 15) is 8.78 Å². The molecule has 1 aromatic rings. The molecule has 0 radical (unpaired) electrons. The molecule has 0 N–H and O–H groups in total. The molecular weight excluding hydrogens is 306 g/mol. The number of hydrogen-bond acceptors (Lipinski definition) is 0. The van der Waals surface area contributed by atoms with Gasteiger partial charge >= 0.3 is 0 Å². The Labute approximate surface area is 92.6 Å². The van der Waals surface area contributed by atoms with Crippen molar-refractivity contribution in [2.45, 2.75) is 11.8 Å². The molecule has 0 aliphatic heterocycles. The number of benzene rings is 1. The van der Waals surface area contributed by atoms with Gasteiger partial charge in [-0.15, -0.1) is 0 Å². The maximum atomic E-state index is 13.2. The van der Waals surface area contributed by atoms with Crippen LogP contribution in [-0.2, 0) is 11.8 Å². The molecule has 0 atom stereocenters. The lowest BCUT2D eigenvalue weighted by Gasteiger charge is -2.07. The van der Waals surface area contributed by atoms with Gasteiger partial charge in [-0.2, -0.15) is 0 Å². The van der Waals surface area contributed by atoms with Crippen LogP contribution in [0.2, 0.25) is 0 Å². The molecule has 72 valence electrons. The summed E-state index contributed by atoms with van der Waals surface area (Å²) in [7, 11) is 0. The van der Waals surface area contributed by atoms with E-state index in [1.165, 1.54) is 0 Å². The third kappa shape index (κ3) is 2.50. The van der Waals surface area contributed by atoms with E-state index in [1.807, 2.05) is 0 Å². The Bertz CT molecular complexity index is 300. The van der Waals surface area contributed by atoms with Gasteiger partial charge in [-0.25, -0.2) is 8.78 Å². The second kappa shape index (κ2) is 5.05. The lowest BCUT2D eigenvalue weighted by molar-refractivity contribution is 0.499. The second-order valence-electron chi connectivity index (χ2n) is 2.57. The highest BCUT2D eigenvalue weighted by Crippen LogP contribution is 2.20. The Kier molecular flexibility index (Phi) is 4.32. The molecule has 0 amide bonds. The van der Waals surface area contributed by atoms with Crippen molar-refractivity contribution in [3.8, 4) is 0 Å². The Hall–Kier alpha value is 0.0400. The highest BCUT2D eigenvalue weighted by molar-refractivity contribution is 9.09. The van der Waals surface area contributed by atoms with Gasteiger partial charge in [0.2, 0.25) is 0 Å². The van der Waals surface area contributed by atoms with Gasteiger partial charge in [0.25, 0.3) is 0 Å².